The fraction of sp³-hybridized carbons (Fsp3) is 0.278. The Balaban J connectivity index is 0.00000300. The van der Waals surface area contributed by atoms with Crippen LogP contribution in [0.25, 0.3) is 5.65 Å². The van der Waals surface area contributed by atoms with Crippen LogP contribution in [-0.4, -0.2) is 47.3 Å². The van der Waals surface area contributed by atoms with Crippen LogP contribution in [0.3, 0.4) is 0 Å². The van der Waals surface area contributed by atoms with Gasteiger partial charge in [0.1, 0.15) is 12.4 Å². The third-order valence-corrected chi connectivity index (χ3v) is 4.63. The van der Waals surface area contributed by atoms with Crippen molar-refractivity contribution in [3.63, 3.8) is 0 Å². The Morgan fingerprint density at radius 1 is 1.10 bits per heavy atom. The van der Waals surface area contributed by atoms with Gasteiger partial charge in [-0.3, -0.25) is 9.39 Å². The van der Waals surface area contributed by atoms with Crippen molar-refractivity contribution in [3.05, 3.63) is 57.4 Å². The van der Waals surface area contributed by atoms with Gasteiger partial charge in [0.25, 0.3) is 0 Å². The molecule has 0 aliphatic heterocycles. The lowest BCUT2D eigenvalue weighted by Gasteiger charge is -2.13. The number of benzene rings is 1. The van der Waals surface area contributed by atoms with Gasteiger partial charge in [-0.2, -0.15) is 0 Å². The molecule has 3 rings (SSSR count). The summed E-state index contributed by atoms with van der Waals surface area (Å²) < 4.78 is 7.60. The lowest BCUT2D eigenvalue weighted by atomic mass is 10.3. The Labute approximate surface area is 200 Å². The quantitative estimate of drug-likeness (QED) is 0.194. The molecule has 0 aliphatic rings. The summed E-state index contributed by atoms with van der Waals surface area (Å²) in [4.78, 5) is 4.19. The first-order valence-corrected chi connectivity index (χ1v) is 9.72. The Morgan fingerprint density at radius 2 is 1.83 bits per heavy atom. The number of nitrogens with one attached hydrogen (secondary N) is 2. The molecule has 0 bridgehead atoms. The number of nitrogens with zero attached hydrogens (tertiary/aromatic N) is 4. The molecule has 11 heteroatoms. The minimum Gasteiger partial charge on any atom is -0.489 e. The van der Waals surface area contributed by atoms with E-state index < -0.39 is 0 Å². The summed E-state index contributed by atoms with van der Waals surface area (Å²) >= 11 is 18.1. The van der Waals surface area contributed by atoms with Gasteiger partial charge in [0.15, 0.2) is 17.4 Å². The zero-order valence-electron chi connectivity index (χ0n) is 15.5. The maximum Gasteiger partial charge on any atom is 0.191 e. The molecule has 2 heterocycles. The molecule has 2 N–H and O–H groups in total. The largest absolute Gasteiger partial charge is 0.489 e. The summed E-state index contributed by atoms with van der Waals surface area (Å²) in [6.07, 6.45) is 2.65. The van der Waals surface area contributed by atoms with Gasteiger partial charge in [-0.05, 0) is 24.3 Å². The summed E-state index contributed by atoms with van der Waals surface area (Å²) in [6.45, 7) is 1.53. The third kappa shape index (κ3) is 6.50. The predicted molar refractivity (Wildman–Crippen MR) is 128 cm³/mol. The van der Waals surface area contributed by atoms with Crippen molar-refractivity contribution in [2.24, 2.45) is 4.99 Å². The highest BCUT2D eigenvalue weighted by molar-refractivity contribution is 14.0. The second-order valence-electron chi connectivity index (χ2n) is 5.77. The van der Waals surface area contributed by atoms with E-state index in [4.69, 9.17) is 39.5 Å². The molecule has 0 saturated carbocycles. The molecule has 29 heavy (non-hydrogen) atoms. The van der Waals surface area contributed by atoms with Crippen LogP contribution in [0, 0.1) is 0 Å². The average Bonchev–Trinajstić information content (AvgIpc) is 3.08. The summed E-state index contributed by atoms with van der Waals surface area (Å²) in [7, 11) is 1.70. The van der Waals surface area contributed by atoms with Crippen LogP contribution in [0.5, 0.6) is 5.75 Å². The van der Waals surface area contributed by atoms with Crippen LogP contribution in [0.4, 0.5) is 0 Å². The lowest BCUT2D eigenvalue weighted by Crippen LogP contribution is -2.40. The molecular weight excluding hydrogens is 550 g/mol. The number of pyridine rings is 1. The Bertz CT molecular complexity index is 958. The second kappa shape index (κ2) is 11.6. The average molecular weight is 570 g/mol. The second-order valence-corrected chi connectivity index (χ2v) is 7.02. The minimum atomic E-state index is 0. The number of rotatable bonds is 7. The first-order chi connectivity index (χ1) is 13.6. The van der Waals surface area contributed by atoms with E-state index in [1.165, 1.54) is 0 Å². The fourth-order valence-electron chi connectivity index (χ4n) is 2.56. The van der Waals surface area contributed by atoms with Gasteiger partial charge in [-0.25, -0.2) is 0 Å². The highest BCUT2D eigenvalue weighted by Crippen LogP contribution is 2.35. The van der Waals surface area contributed by atoms with Crippen LogP contribution in [0.15, 0.2) is 41.5 Å². The summed E-state index contributed by atoms with van der Waals surface area (Å²) in [5.74, 6) is 1.95. The molecule has 0 atom stereocenters. The summed E-state index contributed by atoms with van der Waals surface area (Å²) in [5, 5.41) is 16.0. The van der Waals surface area contributed by atoms with E-state index in [2.05, 4.69) is 25.8 Å². The van der Waals surface area contributed by atoms with Gasteiger partial charge < -0.3 is 15.4 Å². The zero-order valence-corrected chi connectivity index (χ0v) is 20.1. The molecule has 0 saturated heterocycles. The Hall–Kier alpha value is -1.49. The molecular formula is C18H20Cl3IN6O. The number of aliphatic imine (C=N–C) groups is 1. The first-order valence-electron chi connectivity index (χ1n) is 8.59. The van der Waals surface area contributed by atoms with Gasteiger partial charge in [0.2, 0.25) is 0 Å². The number of aromatic nitrogens is 3. The maximum absolute atomic E-state index is 6.10. The molecule has 7 nitrogen and oxygen atoms in total. The molecule has 0 aliphatic carbocycles. The fourth-order valence-corrected chi connectivity index (χ4v) is 3.49. The third-order valence-electron chi connectivity index (χ3n) is 3.85. The molecule has 2 aromatic heterocycles. The van der Waals surface area contributed by atoms with Crippen molar-refractivity contribution in [2.45, 2.75) is 6.42 Å². The number of halogens is 4. The SMILES string of the molecule is CN=C(NCCOc1c(Cl)cc(Cl)cc1Cl)NCCc1nnc2ccccn12.I. The van der Waals surface area contributed by atoms with Crippen molar-refractivity contribution in [1.29, 1.82) is 0 Å². The number of ether oxygens (including phenoxy) is 1. The molecule has 1 aromatic carbocycles. The van der Waals surface area contributed by atoms with E-state index >= 15 is 0 Å². The summed E-state index contributed by atoms with van der Waals surface area (Å²) in [6, 6.07) is 8.99. The minimum absolute atomic E-state index is 0. The normalized spacial score (nSPS) is 11.2. The van der Waals surface area contributed by atoms with Crippen molar-refractivity contribution >= 4 is 70.4 Å². The molecule has 0 radical (unpaired) electrons. The summed E-state index contributed by atoms with van der Waals surface area (Å²) in [5.41, 5.74) is 0.830. The predicted octanol–water partition coefficient (Wildman–Crippen LogP) is 4.09. The number of fused-ring (bicyclic) bond motifs is 1. The van der Waals surface area contributed by atoms with E-state index in [9.17, 15) is 0 Å². The van der Waals surface area contributed by atoms with Crippen LogP contribution < -0.4 is 15.4 Å². The monoisotopic (exact) mass is 568 g/mol. The molecule has 3 aromatic rings. The van der Waals surface area contributed by atoms with E-state index in [1.807, 2.05) is 28.8 Å². The van der Waals surface area contributed by atoms with Crippen molar-refractivity contribution in [2.75, 3.05) is 26.7 Å². The van der Waals surface area contributed by atoms with Crippen LogP contribution in [0.1, 0.15) is 5.82 Å². The highest BCUT2D eigenvalue weighted by Gasteiger charge is 2.09. The van der Waals surface area contributed by atoms with Gasteiger partial charge in [0, 0.05) is 31.2 Å². The lowest BCUT2D eigenvalue weighted by molar-refractivity contribution is 0.322. The number of hydrogen-bond acceptors (Lipinski definition) is 4. The van der Waals surface area contributed by atoms with Crippen molar-refractivity contribution < 1.29 is 4.74 Å². The van der Waals surface area contributed by atoms with Crippen molar-refractivity contribution in [3.8, 4) is 5.75 Å². The van der Waals surface area contributed by atoms with Crippen LogP contribution in [-0.2, 0) is 6.42 Å². The smallest absolute Gasteiger partial charge is 0.191 e. The highest BCUT2D eigenvalue weighted by atomic mass is 127. The first kappa shape index (κ1) is 23.8. The van der Waals surface area contributed by atoms with Gasteiger partial charge in [-0.15, -0.1) is 34.2 Å². The molecule has 0 unspecified atom stereocenters. The van der Waals surface area contributed by atoms with Crippen LogP contribution in [0.2, 0.25) is 15.1 Å². The number of hydrogen-bond donors (Lipinski definition) is 2. The molecule has 0 amide bonds. The zero-order chi connectivity index (χ0) is 19.9. The van der Waals surface area contributed by atoms with Gasteiger partial charge >= 0.3 is 0 Å². The van der Waals surface area contributed by atoms with Gasteiger partial charge in [-0.1, -0.05) is 40.9 Å². The number of guanidine groups is 1. The van der Waals surface area contributed by atoms with E-state index in [1.54, 1.807) is 19.2 Å². The van der Waals surface area contributed by atoms with E-state index in [-0.39, 0.29) is 24.0 Å². The van der Waals surface area contributed by atoms with E-state index in [0.717, 1.165) is 11.5 Å². The van der Waals surface area contributed by atoms with Crippen LogP contribution >= 0.6 is 58.8 Å². The van der Waals surface area contributed by atoms with E-state index in [0.29, 0.717) is 52.9 Å². The Kier molecular flexibility index (Phi) is 9.54. The molecule has 0 spiro atoms. The van der Waals surface area contributed by atoms with Crippen molar-refractivity contribution in [1.82, 2.24) is 25.2 Å². The Morgan fingerprint density at radius 3 is 2.55 bits per heavy atom. The van der Waals surface area contributed by atoms with Gasteiger partial charge in [0.05, 0.1) is 16.6 Å². The standard InChI is InChI=1S/C18H19Cl3N6O.HI/c1-22-18(23-6-5-16-26-25-15-4-2-3-8-27(15)16)24-7-9-28-17-13(20)10-12(19)11-14(17)21;/h2-4,8,10-11H,5-7,9H2,1H3,(H2,22,23,24);1H. The topological polar surface area (TPSA) is 75.8 Å². The molecule has 0 fully saturated rings. The molecule has 156 valence electrons. The maximum atomic E-state index is 6.10.